The summed E-state index contributed by atoms with van der Waals surface area (Å²) in [7, 11) is 0. The molecular weight excluding hydrogens is 285 g/mol. The lowest BCUT2D eigenvalue weighted by Crippen LogP contribution is -2.12. The van der Waals surface area contributed by atoms with Crippen molar-refractivity contribution in [3.63, 3.8) is 0 Å². The minimum absolute atomic E-state index is 0.143. The van der Waals surface area contributed by atoms with Crippen LogP contribution in [-0.2, 0) is 0 Å². The van der Waals surface area contributed by atoms with Gasteiger partial charge in [0.15, 0.2) is 0 Å². The monoisotopic (exact) mass is 297 g/mol. The van der Waals surface area contributed by atoms with Crippen molar-refractivity contribution in [1.29, 1.82) is 0 Å². The van der Waals surface area contributed by atoms with Gasteiger partial charge in [-0.2, -0.15) is 0 Å². The molecule has 22 heavy (non-hydrogen) atoms. The van der Waals surface area contributed by atoms with Crippen molar-refractivity contribution in [3.05, 3.63) is 65.8 Å². The zero-order valence-electron chi connectivity index (χ0n) is 11.7. The quantitative estimate of drug-likeness (QED) is 0.804. The lowest BCUT2D eigenvalue weighted by atomic mass is 10.1. The molecule has 0 spiro atoms. The molecule has 0 saturated carbocycles. The average Bonchev–Trinajstić information content (AvgIpc) is 2.96. The van der Waals surface area contributed by atoms with Gasteiger partial charge in [0.25, 0.3) is 5.91 Å². The minimum Gasteiger partial charge on any atom is -0.421 e. The number of benzene rings is 2. The van der Waals surface area contributed by atoms with Crippen LogP contribution in [0.4, 0.5) is 10.1 Å². The molecule has 3 aromatic rings. The van der Waals surface area contributed by atoms with E-state index in [-0.39, 0.29) is 5.69 Å². The second-order valence-electron chi connectivity index (χ2n) is 4.64. The normalized spacial score (nSPS) is 10.5. The Morgan fingerprint density at radius 1 is 1.09 bits per heavy atom. The van der Waals surface area contributed by atoms with E-state index in [1.54, 1.807) is 43.3 Å². The van der Waals surface area contributed by atoms with Crippen LogP contribution in [0, 0.1) is 12.7 Å². The van der Waals surface area contributed by atoms with E-state index in [1.807, 2.05) is 0 Å². The van der Waals surface area contributed by atoms with Crippen LogP contribution in [0.25, 0.3) is 11.5 Å². The number of aromatic nitrogens is 2. The highest BCUT2D eigenvalue weighted by Gasteiger charge is 2.10. The zero-order valence-corrected chi connectivity index (χ0v) is 11.7. The molecule has 3 rings (SSSR count). The Labute approximate surface area is 125 Å². The maximum absolute atomic E-state index is 13.5. The smallest absolute Gasteiger partial charge is 0.255 e. The van der Waals surface area contributed by atoms with Gasteiger partial charge in [-0.05, 0) is 36.4 Å². The van der Waals surface area contributed by atoms with Gasteiger partial charge >= 0.3 is 0 Å². The van der Waals surface area contributed by atoms with Crippen molar-refractivity contribution in [2.45, 2.75) is 6.92 Å². The lowest BCUT2D eigenvalue weighted by molar-refractivity contribution is 0.102. The van der Waals surface area contributed by atoms with E-state index in [0.29, 0.717) is 22.9 Å². The summed E-state index contributed by atoms with van der Waals surface area (Å²) in [5.41, 5.74) is 1.26. The van der Waals surface area contributed by atoms with Crippen LogP contribution in [-0.4, -0.2) is 16.1 Å². The van der Waals surface area contributed by atoms with Gasteiger partial charge in [-0.15, -0.1) is 10.2 Å². The number of hydrogen-bond donors (Lipinski definition) is 1. The number of nitrogens with zero attached hydrogens (tertiary/aromatic N) is 2. The molecule has 2 aromatic carbocycles. The van der Waals surface area contributed by atoms with Gasteiger partial charge in [-0.25, -0.2) is 4.39 Å². The third-order valence-corrected chi connectivity index (χ3v) is 3.04. The Morgan fingerprint density at radius 2 is 1.82 bits per heavy atom. The average molecular weight is 297 g/mol. The Bertz CT molecular complexity index is 812. The number of amides is 1. The van der Waals surface area contributed by atoms with E-state index in [0.717, 1.165) is 0 Å². The van der Waals surface area contributed by atoms with Crippen LogP contribution in [0.5, 0.6) is 0 Å². The van der Waals surface area contributed by atoms with E-state index in [4.69, 9.17) is 4.42 Å². The second-order valence-corrected chi connectivity index (χ2v) is 4.64. The van der Waals surface area contributed by atoms with Gasteiger partial charge in [0.1, 0.15) is 5.82 Å². The maximum atomic E-state index is 13.5. The molecule has 0 fully saturated rings. The molecule has 0 bridgehead atoms. The number of rotatable bonds is 3. The Balaban J connectivity index is 1.78. The molecule has 6 heteroatoms. The SMILES string of the molecule is Cc1nnc(-c2ccc(C(=O)Nc3ccccc3F)cc2)o1. The summed E-state index contributed by atoms with van der Waals surface area (Å²) in [6.07, 6.45) is 0. The van der Waals surface area contributed by atoms with Crippen LogP contribution < -0.4 is 5.32 Å². The summed E-state index contributed by atoms with van der Waals surface area (Å²) in [5, 5.41) is 10.2. The number of halogens is 1. The summed E-state index contributed by atoms with van der Waals surface area (Å²) < 4.78 is 18.8. The summed E-state index contributed by atoms with van der Waals surface area (Å²) >= 11 is 0. The van der Waals surface area contributed by atoms with E-state index in [2.05, 4.69) is 15.5 Å². The number of anilines is 1. The number of carbonyl (C=O) groups excluding carboxylic acids is 1. The highest BCUT2D eigenvalue weighted by molar-refractivity contribution is 6.04. The van der Waals surface area contributed by atoms with E-state index in [9.17, 15) is 9.18 Å². The third-order valence-electron chi connectivity index (χ3n) is 3.04. The Hall–Kier alpha value is -3.02. The van der Waals surface area contributed by atoms with Crippen LogP contribution in [0.3, 0.4) is 0 Å². The first-order chi connectivity index (χ1) is 10.6. The summed E-state index contributed by atoms with van der Waals surface area (Å²) in [6, 6.07) is 12.6. The van der Waals surface area contributed by atoms with Gasteiger partial charge in [0, 0.05) is 18.1 Å². The molecule has 0 atom stereocenters. The Morgan fingerprint density at radius 3 is 2.45 bits per heavy atom. The molecule has 1 N–H and O–H groups in total. The van der Waals surface area contributed by atoms with E-state index < -0.39 is 11.7 Å². The highest BCUT2D eigenvalue weighted by atomic mass is 19.1. The number of aryl methyl sites for hydroxylation is 1. The molecule has 1 heterocycles. The van der Waals surface area contributed by atoms with Crippen molar-refractivity contribution in [2.24, 2.45) is 0 Å². The number of carbonyl (C=O) groups is 1. The lowest BCUT2D eigenvalue weighted by Gasteiger charge is -2.06. The largest absolute Gasteiger partial charge is 0.421 e. The van der Waals surface area contributed by atoms with Crippen molar-refractivity contribution in [3.8, 4) is 11.5 Å². The molecule has 5 nitrogen and oxygen atoms in total. The molecule has 0 saturated heterocycles. The third kappa shape index (κ3) is 2.85. The molecule has 110 valence electrons. The fraction of sp³-hybridized carbons (Fsp3) is 0.0625. The van der Waals surface area contributed by atoms with Crippen molar-refractivity contribution in [2.75, 3.05) is 5.32 Å². The van der Waals surface area contributed by atoms with Crippen molar-refractivity contribution >= 4 is 11.6 Å². The van der Waals surface area contributed by atoms with Gasteiger partial charge in [0.05, 0.1) is 5.69 Å². The summed E-state index contributed by atoms with van der Waals surface area (Å²) in [4.78, 5) is 12.1. The Kier molecular flexibility index (Phi) is 3.65. The van der Waals surface area contributed by atoms with Gasteiger partial charge < -0.3 is 9.73 Å². The molecular formula is C16H12FN3O2. The second kappa shape index (κ2) is 5.77. The van der Waals surface area contributed by atoms with Crippen LogP contribution in [0.2, 0.25) is 0 Å². The molecule has 0 unspecified atom stereocenters. The van der Waals surface area contributed by atoms with Crippen LogP contribution >= 0.6 is 0 Å². The summed E-state index contributed by atoms with van der Waals surface area (Å²) in [6.45, 7) is 1.70. The molecule has 0 aliphatic carbocycles. The topological polar surface area (TPSA) is 68.0 Å². The fourth-order valence-electron chi connectivity index (χ4n) is 1.93. The van der Waals surface area contributed by atoms with Crippen molar-refractivity contribution < 1.29 is 13.6 Å². The molecule has 0 aliphatic heterocycles. The number of para-hydroxylation sites is 1. The van der Waals surface area contributed by atoms with Crippen molar-refractivity contribution in [1.82, 2.24) is 10.2 Å². The fourth-order valence-corrected chi connectivity index (χ4v) is 1.93. The molecule has 0 radical (unpaired) electrons. The van der Waals surface area contributed by atoms with Gasteiger partial charge in [-0.3, -0.25) is 4.79 Å². The zero-order chi connectivity index (χ0) is 15.5. The summed E-state index contributed by atoms with van der Waals surface area (Å²) in [5.74, 6) is -0.0119. The number of nitrogens with one attached hydrogen (secondary N) is 1. The van der Waals surface area contributed by atoms with E-state index >= 15 is 0 Å². The molecule has 1 amide bonds. The standard InChI is InChI=1S/C16H12FN3O2/c1-10-19-20-16(22-10)12-8-6-11(7-9-12)15(21)18-14-5-3-2-4-13(14)17/h2-9H,1H3,(H,18,21). The maximum Gasteiger partial charge on any atom is 0.255 e. The first kappa shape index (κ1) is 13.9. The highest BCUT2D eigenvalue weighted by Crippen LogP contribution is 2.19. The predicted octanol–water partition coefficient (Wildman–Crippen LogP) is 3.44. The van der Waals surface area contributed by atoms with Crippen LogP contribution in [0.15, 0.2) is 52.9 Å². The van der Waals surface area contributed by atoms with Crippen LogP contribution in [0.1, 0.15) is 16.2 Å². The predicted molar refractivity (Wildman–Crippen MR) is 78.8 cm³/mol. The molecule has 0 aliphatic rings. The first-order valence-electron chi connectivity index (χ1n) is 6.60. The van der Waals surface area contributed by atoms with Gasteiger partial charge in [-0.1, -0.05) is 12.1 Å². The number of hydrogen-bond acceptors (Lipinski definition) is 4. The van der Waals surface area contributed by atoms with Gasteiger partial charge in [0.2, 0.25) is 11.8 Å². The molecule has 1 aromatic heterocycles. The first-order valence-corrected chi connectivity index (χ1v) is 6.60. The van der Waals surface area contributed by atoms with E-state index in [1.165, 1.54) is 12.1 Å². The minimum atomic E-state index is -0.478.